The maximum atomic E-state index is 10.2. The molecule has 0 atom stereocenters. The second-order valence-electron chi connectivity index (χ2n) is 0.481. The minimum atomic E-state index is -5.86. The first-order chi connectivity index (χ1) is 2.00. The van der Waals surface area contributed by atoms with Gasteiger partial charge in [-0.25, -0.2) is 0 Å². The SMILES string of the molecule is [Cu].[O-][Si]([O-])([O-])F. The van der Waals surface area contributed by atoms with E-state index in [0.717, 1.165) is 0 Å². The van der Waals surface area contributed by atoms with E-state index in [1.807, 2.05) is 0 Å². The van der Waals surface area contributed by atoms with Crippen LogP contribution >= 0.6 is 0 Å². The predicted molar refractivity (Wildman–Crippen MR) is 6.86 cm³/mol. The van der Waals surface area contributed by atoms with Crippen LogP contribution in [0.2, 0.25) is 0 Å². The van der Waals surface area contributed by atoms with Crippen molar-refractivity contribution < 1.29 is 35.6 Å². The second-order valence-corrected chi connectivity index (χ2v) is 1.44. The molecule has 0 bridgehead atoms. The van der Waals surface area contributed by atoms with Crippen molar-refractivity contribution in [2.24, 2.45) is 0 Å². The van der Waals surface area contributed by atoms with E-state index in [1.54, 1.807) is 0 Å². The molecule has 6 heteroatoms. The number of hydrogen-bond donors (Lipinski definition) is 0. The van der Waals surface area contributed by atoms with Gasteiger partial charge in [0.2, 0.25) is 0 Å². The van der Waals surface area contributed by atoms with Crippen molar-refractivity contribution in [3.63, 3.8) is 0 Å². The molecule has 0 aromatic carbocycles. The Kier molecular flexibility index (Phi) is 4.34. The van der Waals surface area contributed by atoms with Crippen LogP contribution in [0.25, 0.3) is 0 Å². The van der Waals surface area contributed by atoms with Gasteiger partial charge in [0.25, 0.3) is 0 Å². The minimum Gasteiger partial charge on any atom is -0.857 e. The summed E-state index contributed by atoms with van der Waals surface area (Å²) in [5, 5.41) is 0. The van der Waals surface area contributed by atoms with Crippen molar-refractivity contribution in [2.45, 2.75) is 0 Å². The van der Waals surface area contributed by atoms with E-state index >= 15 is 0 Å². The first-order valence-electron chi connectivity index (χ1n) is 0.801. The third kappa shape index (κ3) is 192. The summed E-state index contributed by atoms with van der Waals surface area (Å²) in [6.07, 6.45) is 0. The van der Waals surface area contributed by atoms with E-state index in [4.69, 9.17) is 14.4 Å². The topological polar surface area (TPSA) is 69.2 Å². The smallest absolute Gasteiger partial charge is 0 e. The molecule has 0 fully saturated rings. The van der Waals surface area contributed by atoms with E-state index in [9.17, 15) is 4.11 Å². The fourth-order valence-electron chi connectivity index (χ4n) is 0. The molecule has 0 aliphatic rings. The van der Waals surface area contributed by atoms with Crippen LogP contribution in [-0.2, 0) is 17.1 Å². The summed E-state index contributed by atoms with van der Waals surface area (Å²) >= 11 is 0. The van der Waals surface area contributed by atoms with Crippen LogP contribution in [0.15, 0.2) is 0 Å². The largest absolute Gasteiger partial charge is 0.857 e. The van der Waals surface area contributed by atoms with E-state index in [-0.39, 0.29) is 17.1 Å². The van der Waals surface area contributed by atoms with Crippen LogP contribution in [0.5, 0.6) is 0 Å². The van der Waals surface area contributed by atoms with Crippen LogP contribution in [-0.4, -0.2) is 9.14 Å². The van der Waals surface area contributed by atoms with Crippen molar-refractivity contribution in [3.8, 4) is 0 Å². The molecule has 1 radical (unpaired) electrons. The minimum absolute atomic E-state index is 0. The number of halogens is 1. The maximum absolute atomic E-state index is 10.2. The summed E-state index contributed by atoms with van der Waals surface area (Å²) in [5.41, 5.74) is 0. The Hall–Kier alpha value is 0.546. The molecule has 3 nitrogen and oxygen atoms in total. The fourth-order valence-corrected chi connectivity index (χ4v) is 0. The van der Waals surface area contributed by atoms with Crippen molar-refractivity contribution in [1.82, 2.24) is 0 Å². The Morgan fingerprint density at radius 2 is 1.17 bits per heavy atom. The molecule has 43 valence electrons. The van der Waals surface area contributed by atoms with E-state index in [0.29, 0.717) is 0 Å². The third-order valence-electron chi connectivity index (χ3n) is 0. The Balaban J connectivity index is 0. The van der Waals surface area contributed by atoms with Crippen molar-refractivity contribution >= 4 is 9.14 Å². The first kappa shape index (κ1) is 9.74. The van der Waals surface area contributed by atoms with Gasteiger partial charge in [0.1, 0.15) is 0 Å². The quantitative estimate of drug-likeness (QED) is 0.271. The van der Waals surface area contributed by atoms with Crippen LogP contribution in [0, 0.1) is 0 Å². The van der Waals surface area contributed by atoms with Crippen molar-refractivity contribution in [1.29, 1.82) is 0 Å². The maximum Gasteiger partial charge on any atom is 0 e. The van der Waals surface area contributed by atoms with Gasteiger partial charge >= 0.3 is 0 Å². The van der Waals surface area contributed by atoms with Gasteiger partial charge in [0, 0.05) is 17.1 Å². The van der Waals surface area contributed by atoms with Gasteiger partial charge in [-0.2, -0.15) is 0 Å². The summed E-state index contributed by atoms with van der Waals surface area (Å²) in [6, 6.07) is 0. The molecule has 0 aliphatic carbocycles. The molecule has 0 unspecified atom stereocenters. The van der Waals surface area contributed by atoms with Gasteiger partial charge in [-0.3, -0.25) is 0 Å². The number of rotatable bonds is 0. The Morgan fingerprint density at radius 3 is 1.17 bits per heavy atom. The zero-order chi connectivity index (χ0) is 4.50. The van der Waals surface area contributed by atoms with Gasteiger partial charge in [-0.05, 0) is 0 Å². The molecule has 0 amide bonds. The zero-order valence-electron chi connectivity index (χ0n) is 2.40. The van der Waals surface area contributed by atoms with Crippen LogP contribution in [0.3, 0.4) is 0 Å². The third-order valence-corrected chi connectivity index (χ3v) is 0. The normalized spacial score (nSPS) is 10.0. The Morgan fingerprint density at radius 1 is 1.17 bits per heavy atom. The van der Waals surface area contributed by atoms with Crippen LogP contribution in [0.1, 0.15) is 0 Å². The molecule has 0 aromatic heterocycles. The van der Waals surface area contributed by atoms with E-state index in [1.165, 1.54) is 0 Å². The summed E-state index contributed by atoms with van der Waals surface area (Å²) in [7, 11) is -5.86. The Labute approximate surface area is 45.4 Å². The predicted octanol–water partition coefficient (Wildman–Crippen LogP) is -3.53. The molecule has 0 aliphatic heterocycles. The van der Waals surface area contributed by atoms with Gasteiger partial charge in [0.05, 0.1) is 0 Å². The fraction of sp³-hybridized carbons (Fsp3) is 0. The molecular formula is CuFO3Si-3. The molecule has 0 saturated heterocycles. The van der Waals surface area contributed by atoms with Gasteiger partial charge in [-0.15, -0.1) is 0 Å². The number of hydrogen-bond acceptors (Lipinski definition) is 3. The standard InChI is InChI=1S/Cu.FO3Si/c;1-5(2,3)4/q;-3. The summed E-state index contributed by atoms with van der Waals surface area (Å²) < 4.78 is 10.2. The van der Waals surface area contributed by atoms with Crippen LogP contribution in [0.4, 0.5) is 4.11 Å². The molecule has 0 N–H and O–H groups in total. The van der Waals surface area contributed by atoms with Gasteiger partial charge in [0.15, 0.2) is 0 Å². The van der Waals surface area contributed by atoms with Gasteiger partial charge < -0.3 is 18.5 Å². The Bertz CT molecular complexity index is 26.3. The summed E-state index contributed by atoms with van der Waals surface area (Å²) in [4.78, 5) is 25.4. The van der Waals surface area contributed by atoms with Gasteiger partial charge in [-0.1, -0.05) is 9.14 Å². The molecule has 0 spiro atoms. The van der Waals surface area contributed by atoms with Crippen molar-refractivity contribution in [3.05, 3.63) is 0 Å². The van der Waals surface area contributed by atoms with Crippen LogP contribution < -0.4 is 14.4 Å². The molecule has 0 rings (SSSR count). The average molecular weight is 159 g/mol. The molecule has 6 heavy (non-hydrogen) atoms. The zero-order valence-corrected chi connectivity index (χ0v) is 4.35. The van der Waals surface area contributed by atoms with E-state index in [2.05, 4.69) is 0 Å². The summed E-state index contributed by atoms with van der Waals surface area (Å²) in [6.45, 7) is 0. The monoisotopic (exact) mass is 158 g/mol. The van der Waals surface area contributed by atoms with E-state index < -0.39 is 9.14 Å². The summed E-state index contributed by atoms with van der Waals surface area (Å²) in [5.74, 6) is 0. The second kappa shape index (κ2) is 2.68. The molecule has 0 aromatic rings. The first-order valence-corrected chi connectivity index (χ1v) is 2.40. The van der Waals surface area contributed by atoms with Crippen molar-refractivity contribution in [2.75, 3.05) is 0 Å². The molecule has 0 heterocycles. The molecular weight excluding hydrogens is 159 g/mol. The average Bonchev–Trinajstić information content (AvgIpc) is 0.722. The molecule has 0 saturated carbocycles.